The van der Waals surface area contributed by atoms with Crippen molar-refractivity contribution >= 4 is 32.7 Å². The number of fused-ring (bicyclic) bond motifs is 1. The average Bonchev–Trinajstić information content (AvgIpc) is 2.76. The third kappa shape index (κ3) is 5.00. The fourth-order valence-corrected chi connectivity index (χ4v) is 3.97. The number of para-hydroxylation sites is 1. The molecule has 0 fully saturated rings. The van der Waals surface area contributed by atoms with Gasteiger partial charge >= 0.3 is 0 Å². The topological polar surface area (TPSA) is 117 Å². The van der Waals surface area contributed by atoms with E-state index in [2.05, 4.69) is 20.6 Å². The Morgan fingerprint density at radius 3 is 2.30 bits per heavy atom. The third-order valence-electron chi connectivity index (χ3n) is 4.52. The first-order valence-electron chi connectivity index (χ1n) is 9.39. The third-order valence-corrected chi connectivity index (χ3v) is 6.12. The number of pyridine rings is 1. The summed E-state index contributed by atoms with van der Waals surface area (Å²) in [7, 11) is -3.65. The molecule has 8 nitrogen and oxygen atoms in total. The Hall–Kier alpha value is -3.30. The van der Waals surface area contributed by atoms with Crippen LogP contribution in [0.15, 0.2) is 65.6 Å². The summed E-state index contributed by atoms with van der Waals surface area (Å²) >= 11 is 0. The van der Waals surface area contributed by atoms with Gasteiger partial charge < -0.3 is 0 Å². The standard InChI is InChI=1S/C21H22N4O4S/c1-3-14(2)25-30(28,29)17-11-8-16(9-12-17)20(26)23-24-21(27)19-13-10-15-6-4-5-7-18(15)22-19/h4-14,25H,3H2,1-2H3,(H,23,26)(H,24,27). The number of nitrogens with one attached hydrogen (secondary N) is 3. The molecule has 3 rings (SSSR count). The summed E-state index contributed by atoms with van der Waals surface area (Å²) in [5.74, 6) is -1.14. The van der Waals surface area contributed by atoms with Crippen LogP contribution < -0.4 is 15.6 Å². The van der Waals surface area contributed by atoms with Gasteiger partial charge in [-0.05, 0) is 49.7 Å². The molecule has 3 aromatic rings. The molecule has 1 atom stereocenters. The number of carbonyl (C=O) groups excluding carboxylic acids is 2. The first kappa shape index (κ1) is 21.4. The van der Waals surface area contributed by atoms with Crippen molar-refractivity contribution in [3.05, 3.63) is 71.9 Å². The van der Waals surface area contributed by atoms with Crippen LogP contribution in [0, 0.1) is 0 Å². The summed E-state index contributed by atoms with van der Waals surface area (Å²) in [6, 6.07) is 15.9. The fraction of sp³-hybridized carbons (Fsp3) is 0.190. The molecule has 0 spiro atoms. The second-order valence-electron chi connectivity index (χ2n) is 6.75. The lowest BCUT2D eigenvalue weighted by atomic mass is 10.2. The van der Waals surface area contributed by atoms with Gasteiger partial charge in [0.15, 0.2) is 0 Å². The van der Waals surface area contributed by atoms with E-state index in [0.29, 0.717) is 11.9 Å². The molecule has 1 unspecified atom stereocenters. The zero-order valence-electron chi connectivity index (χ0n) is 16.5. The first-order chi connectivity index (χ1) is 14.3. The van der Waals surface area contributed by atoms with Crippen LogP contribution in [0.5, 0.6) is 0 Å². The Bertz CT molecular complexity index is 1180. The van der Waals surface area contributed by atoms with Crippen LogP contribution in [0.3, 0.4) is 0 Å². The molecule has 0 radical (unpaired) electrons. The van der Waals surface area contributed by atoms with E-state index < -0.39 is 21.8 Å². The largest absolute Gasteiger partial charge is 0.288 e. The Morgan fingerprint density at radius 1 is 0.933 bits per heavy atom. The van der Waals surface area contributed by atoms with Crippen molar-refractivity contribution in [2.24, 2.45) is 0 Å². The number of rotatable bonds is 6. The minimum atomic E-state index is -3.65. The normalized spacial score (nSPS) is 12.3. The number of aromatic nitrogens is 1. The molecule has 0 saturated carbocycles. The highest BCUT2D eigenvalue weighted by atomic mass is 32.2. The summed E-state index contributed by atoms with van der Waals surface area (Å²) in [6.07, 6.45) is 0.658. The molecular weight excluding hydrogens is 404 g/mol. The van der Waals surface area contributed by atoms with Gasteiger partial charge in [-0.25, -0.2) is 18.1 Å². The quantitative estimate of drug-likeness (QED) is 0.523. The molecule has 2 amide bonds. The molecule has 0 aliphatic heterocycles. The Morgan fingerprint density at radius 2 is 1.60 bits per heavy atom. The molecule has 0 saturated heterocycles. The minimum Gasteiger partial charge on any atom is -0.267 e. The summed E-state index contributed by atoms with van der Waals surface area (Å²) in [5, 5.41) is 0.899. The number of sulfonamides is 1. The van der Waals surface area contributed by atoms with Gasteiger partial charge in [0.2, 0.25) is 10.0 Å². The van der Waals surface area contributed by atoms with Crippen LogP contribution >= 0.6 is 0 Å². The Labute approximate surface area is 174 Å². The number of amides is 2. The van der Waals surface area contributed by atoms with Crippen LogP contribution in [0.25, 0.3) is 10.9 Å². The minimum absolute atomic E-state index is 0.0590. The van der Waals surface area contributed by atoms with E-state index in [9.17, 15) is 18.0 Å². The second-order valence-corrected chi connectivity index (χ2v) is 8.47. The lowest BCUT2D eigenvalue weighted by Crippen LogP contribution is -2.42. The molecule has 0 bridgehead atoms. The molecule has 0 aliphatic carbocycles. The predicted molar refractivity (Wildman–Crippen MR) is 113 cm³/mol. The average molecular weight is 426 g/mol. The van der Waals surface area contributed by atoms with Gasteiger partial charge in [0.05, 0.1) is 10.4 Å². The number of carbonyl (C=O) groups is 2. The van der Waals surface area contributed by atoms with Crippen LogP contribution in [-0.4, -0.2) is 31.3 Å². The van der Waals surface area contributed by atoms with Crippen molar-refractivity contribution in [2.45, 2.75) is 31.2 Å². The number of benzene rings is 2. The fourth-order valence-electron chi connectivity index (χ4n) is 2.64. The summed E-state index contributed by atoms with van der Waals surface area (Å²) in [5.41, 5.74) is 5.63. The summed E-state index contributed by atoms with van der Waals surface area (Å²) in [6.45, 7) is 3.65. The van der Waals surface area contributed by atoms with Gasteiger partial charge in [-0.15, -0.1) is 0 Å². The van der Waals surface area contributed by atoms with Crippen LogP contribution in [-0.2, 0) is 10.0 Å². The highest BCUT2D eigenvalue weighted by Crippen LogP contribution is 2.13. The molecule has 1 heterocycles. The van der Waals surface area contributed by atoms with Gasteiger partial charge in [0, 0.05) is 17.0 Å². The van der Waals surface area contributed by atoms with Gasteiger partial charge in [0.25, 0.3) is 11.8 Å². The smallest absolute Gasteiger partial charge is 0.267 e. The number of hydrogen-bond acceptors (Lipinski definition) is 5. The molecule has 0 aliphatic rings. The Balaban J connectivity index is 1.63. The highest BCUT2D eigenvalue weighted by Gasteiger charge is 2.17. The molecule has 3 N–H and O–H groups in total. The SMILES string of the molecule is CCC(C)NS(=O)(=O)c1ccc(C(=O)NNC(=O)c2ccc3ccccc3n2)cc1. The molecule has 156 valence electrons. The second kappa shape index (κ2) is 9.02. The van der Waals surface area contributed by atoms with Crippen molar-refractivity contribution in [1.82, 2.24) is 20.6 Å². The number of hydrogen-bond donors (Lipinski definition) is 3. The number of hydrazine groups is 1. The number of nitrogens with zero attached hydrogens (tertiary/aromatic N) is 1. The van der Waals surface area contributed by atoms with Gasteiger partial charge in [-0.2, -0.15) is 0 Å². The maximum absolute atomic E-state index is 12.3. The molecule has 1 aromatic heterocycles. The van der Waals surface area contributed by atoms with Crippen LogP contribution in [0.2, 0.25) is 0 Å². The predicted octanol–water partition coefficient (Wildman–Crippen LogP) is 2.39. The van der Waals surface area contributed by atoms with Crippen molar-refractivity contribution in [3.63, 3.8) is 0 Å². The monoisotopic (exact) mass is 426 g/mol. The van der Waals surface area contributed by atoms with Gasteiger partial charge in [-0.3, -0.25) is 20.4 Å². The van der Waals surface area contributed by atoms with E-state index in [1.807, 2.05) is 25.1 Å². The van der Waals surface area contributed by atoms with E-state index >= 15 is 0 Å². The van der Waals surface area contributed by atoms with Crippen molar-refractivity contribution in [2.75, 3.05) is 0 Å². The van der Waals surface area contributed by atoms with E-state index in [0.717, 1.165) is 5.39 Å². The molecule has 2 aromatic carbocycles. The van der Waals surface area contributed by atoms with Crippen molar-refractivity contribution < 1.29 is 18.0 Å². The molecular formula is C21H22N4O4S. The zero-order valence-corrected chi connectivity index (χ0v) is 17.4. The van der Waals surface area contributed by atoms with Crippen molar-refractivity contribution in [3.8, 4) is 0 Å². The van der Waals surface area contributed by atoms with Gasteiger partial charge in [-0.1, -0.05) is 31.2 Å². The van der Waals surface area contributed by atoms with Crippen LogP contribution in [0.1, 0.15) is 41.1 Å². The lowest BCUT2D eigenvalue weighted by Gasteiger charge is -2.12. The van der Waals surface area contributed by atoms with E-state index in [1.54, 1.807) is 25.1 Å². The van der Waals surface area contributed by atoms with Gasteiger partial charge in [0.1, 0.15) is 5.69 Å². The zero-order chi connectivity index (χ0) is 21.7. The van der Waals surface area contributed by atoms with Crippen molar-refractivity contribution in [1.29, 1.82) is 0 Å². The van der Waals surface area contributed by atoms with Crippen LogP contribution in [0.4, 0.5) is 0 Å². The maximum Gasteiger partial charge on any atom is 0.288 e. The molecule has 30 heavy (non-hydrogen) atoms. The first-order valence-corrected chi connectivity index (χ1v) is 10.9. The summed E-state index contributed by atoms with van der Waals surface area (Å²) < 4.78 is 27.1. The molecule has 9 heteroatoms. The lowest BCUT2D eigenvalue weighted by molar-refractivity contribution is 0.0844. The maximum atomic E-state index is 12.3. The summed E-state index contributed by atoms with van der Waals surface area (Å²) in [4.78, 5) is 28.8. The van der Waals surface area contributed by atoms with E-state index in [-0.39, 0.29) is 22.2 Å². The van der Waals surface area contributed by atoms with E-state index in [1.165, 1.54) is 24.3 Å². The highest BCUT2D eigenvalue weighted by molar-refractivity contribution is 7.89. The Kier molecular flexibility index (Phi) is 6.43. The van der Waals surface area contributed by atoms with E-state index in [4.69, 9.17) is 0 Å².